The van der Waals surface area contributed by atoms with Crippen molar-refractivity contribution in [1.29, 1.82) is 0 Å². The lowest BCUT2D eigenvalue weighted by atomic mass is 10.0. The first-order valence-corrected chi connectivity index (χ1v) is 6.79. The molecule has 0 saturated heterocycles. The summed E-state index contributed by atoms with van der Waals surface area (Å²) in [6.07, 6.45) is -3.01. The summed E-state index contributed by atoms with van der Waals surface area (Å²) >= 11 is 0. The second-order valence-corrected chi connectivity index (χ2v) is 4.91. The lowest BCUT2D eigenvalue weighted by molar-refractivity contribution is -0.135. The van der Waals surface area contributed by atoms with Gasteiger partial charge in [0.1, 0.15) is 0 Å². The maximum Gasteiger partial charge on any atom is 0.389 e. The van der Waals surface area contributed by atoms with Crippen molar-refractivity contribution >= 4 is 0 Å². The van der Waals surface area contributed by atoms with Gasteiger partial charge in [0.15, 0.2) is 0 Å². The Morgan fingerprint density at radius 3 is 2.37 bits per heavy atom. The average molecular weight is 273 g/mol. The molecule has 0 amide bonds. The fourth-order valence-electron chi connectivity index (χ4n) is 2.07. The normalized spacial score (nSPS) is 13.5. The standard InChI is InChI=1S/C15H22F3N/c1-3-13-8-4-5-9-14(13)11-19-12(2)7-6-10-15(16,17)18/h4-5,8-9,12,19H,3,6-7,10-11H2,1-2H3. The summed E-state index contributed by atoms with van der Waals surface area (Å²) < 4.78 is 36.1. The highest BCUT2D eigenvalue weighted by Crippen LogP contribution is 2.22. The molecular weight excluding hydrogens is 251 g/mol. The third-order valence-corrected chi connectivity index (χ3v) is 3.24. The van der Waals surface area contributed by atoms with Gasteiger partial charge in [-0.1, -0.05) is 31.2 Å². The quantitative estimate of drug-likeness (QED) is 0.773. The molecule has 0 bridgehead atoms. The van der Waals surface area contributed by atoms with Crippen LogP contribution in [0.2, 0.25) is 0 Å². The number of hydrogen-bond donors (Lipinski definition) is 1. The maximum absolute atomic E-state index is 12.0. The van der Waals surface area contributed by atoms with Gasteiger partial charge in [-0.25, -0.2) is 0 Å². The molecule has 1 aromatic rings. The lowest BCUT2D eigenvalue weighted by Crippen LogP contribution is -2.26. The van der Waals surface area contributed by atoms with Gasteiger partial charge in [-0.05, 0) is 37.3 Å². The molecule has 0 saturated carbocycles. The van der Waals surface area contributed by atoms with Crippen LogP contribution in [0.3, 0.4) is 0 Å². The van der Waals surface area contributed by atoms with E-state index in [1.54, 1.807) is 0 Å². The van der Waals surface area contributed by atoms with Crippen LogP contribution in [0.4, 0.5) is 13.2 Å². The van der Waals surface area contributed by atoms with Crippen LogP contribution in [0, 0.1) is 0 Å². The Bertz CT molecular complexity index is 374. The highest BCUT2D eigenvalue weighted by Gasteiger charge is 2.26. The van der Waals surface area contributed by atoms with Crippen molar-refractivity contribution in [1.82, 2.24) is 5.32 Å². The first kappa shape index (κ1) is 16.0. The van der Waals surface area contributed by atoms with E-state index in [4.69, 9.17) is 0 Å². The Morgan fingerprint density at radius 1 is 1.16 bits per heavy atom. The molecule has 1 nitrogen and oxygen atoms in total. The smallest absolute Gasteiger partial charge is 0.310 e. The Labute approximate surface area is 113 Å². The van der Waals surface area contributed by atoms with Gasteiger partial charge in [0.05, 0.1) is 0 Å². The number of rotatable bonds is 7. The van der Waals surface area contributed by atoms with E-state index < -0.39 is 12.6 Å². The van der Waals surface area contributed by atoms with Crippen LogP contribution in [-0.4, -0.2) is 12.2 Å². The molecule has 1 atom stereocenters. The number of halogens is 3. The first-order chi connectivity index (χ1) is 8.92. The van der Waals surface area contributed by atoms with Crippen LogP contribution in [-0.2, 0) is 13.0 Å². The zero-order chi connectivity index (χ0) is 14.3. The van der Waals surface area contributed by atoms with Gasteiger partial charge in [-0.2, -0.15) is 13.2 Å². The number of hydrogen-bond acceptors (Lipinski definition) is 1. The van der Waals surface area contributed by atoms with Crippen LogP contribution < -0.4 is 5.32 Å². The van der Waals surface area contributed by atoms with Gasteiger partial charge < -0.3 is 5.32 Å². The highest BCUT2D eigenvalue weighted by molar-refractivity contribution is 5.26. The summed E-state index contributed by atoms with van der Waals surface area (Å²) in [5, 5.41) is 3.29. The molecule has 0 aliphatic heterocycles. The van der Waals surface area contributed by atoms with Crippen molar-refractivity contribution < 1.29 is 13.2 Å². The molecule has 0 aromatic heterocycles. The molecule has 19 heavy (non-hydrogen) atoms. The summed E-state index contributed by atoms with van der Waals surface area (Å²) in [4.78, 5) is 0. The van der Waals surface area contributed by atoms with Crippen molar-refractivity contribution in [3.05, 3.63) is 35.4 Å². The molecule has 1 rings (SSSR count). The fraction of sp³-hybridized carbons (Fsp3) is 0.600. The van der Waals surface area contributed by atoms with Gasteiger partial charge in [0.25, 0.3) is 0 Å². The highest BCUT2D eigenvalue weighted by atomic mass is 19.4. The molecule has 0 spiro atoms. The van der Waals surface area contributed by atoms with Gasteiger partial charge >= 0.3 is 6.18 Å². The SMILES string of the molecule is CCc1ccccc1CNC(C)CCCC(F)(F)F. The zero-order valence-electron chi connectivity index (χ0n) is 11.6. The Balaban J connectivity index is 2.32. The molecule has 0 aliphatic carbocycles. The van der Waals surface area contributed by atoms with E-state index in [1.807, 2.05) is 19.1 Å². The summed E-state index contributed by atoms with van der Waals surface area (Å²) in [7, 11) is 0. The molecule has 0 fully saturated rings. The van der Waals surface area contributed by atoms with Gasteiger partial charge in [0.2, 0.25) is 0 Å². The van der Waals surface area contributed by atoms with Gasteiger partial charge in [-0.15, -0.1) is 0 Å². The van der Waals surface area contributed by atoms with Crippen LogP contribution in [0.1, 0.15) is 44.2 Å². The molecule has 1 N–H and O–H groups in total. The molecule has 1 aromatic carbocycles. The lowest BCUT2D eigenvalue weighted by Gasteiger charge is -2.16. The van der Waals surface area contributed by atoms with E-state index in [0.717, 1.165) is 13.0 Å². The van der Waals surface area contributed by atoms with Crippen LogP contribution in [0.5, 0.6) is 0 Å². The largest absolute Gasteiger partial charge is 0.389 e. The molecular formula is C15H22F3N. The van der Waals surface area contributed by atoms with Crippen LogP contribution in [0.25, 0.3) is 0 Å². The van der Waals surface area contributed by atoms with E-state index in [-0.39, 0.29) is 12.5 Å². The van der Waals surface area contributed by atoms with E-state index >= 15 is 0 Å². The minimum Gasteiger partial charge on any atom is -0.310 e. The van der Waals surface area contributed by atoms with Crippen LogP contribution in [0.15, 0.2) is 24.3 Å². The third kappa shape index (κ3) is 6.62. The second kappa shape index (κ2) is 7.53. The number of aryl methyl sites for hydroxylation is 1. The molecule has 1 unspecified atom stereocenters. The van der Waals surface area contributed by atoms with Crippen molar-refractivity contribution in [2.45, 2.75) is 58.3 Å². The van der Waals surface area contributed by atoms with Gasteiger partial charge in [-0.3, -0.25) is 0 Å². The monoisotopic (exact) mass is 273 g/mol. The number of alkyl halides is 3. The summed E-state index contributed by atoms with van der Waals surface area (Å²) in [6.45, 7) is 4.76. The Kier molecular flexibility index (Phi) is 6.35. The Hall–Kier alpha value is -1.03. The van der Waals surface area contributed by atoms with Crippen molar-refractivity contribution in [3.63, 3.8) is 0 Å². The maximum atomic E-state index is 12.0. The van der Waals surface area contributed by atoms with E-state index in [2.05, 4.69) is 24.4 Å². The molecule has 0 aliphatic rings. The molecule has 108 valence electrons. The Morgan fingerprint density at radius 2 is 1.79 bits per heavy atom. The number of nitrogens with one attached hydrogen (secondary N) is 1. The first-order valence-electron chi connectivity index (χ1n) is 6.79. The topological polar surface area (TPSA) is 12.0 Å². The molecule has 0 heterocycles. The molecule has 0 radical (unpaired) electrons. The third-order valence-electron chi connectivity index (χ3n) is 3.24. The minimum absolute atomic E-state index is 0.104. The zero-order valence-corrected chi connectivity index (χ0v) is 11.6. The second-order valence-electron chi connectivity index (χ2n) is 4.91. The fourth-order valence-corrected chi connectivity index (χ4v) is 2.07. The minimum atomic E-state index is -4.03. The number of benzene rings is 1. The summed E-state index contributed by atoms with van der Waals surface area (Å²) in [5.74, 6) is 0. The van der Waals surface area contributed by atoms with Crippen molar-refractivity contribution in [2.24, 2.45) is 0 Å². The van der Waals surface area contributed by atoms with Crippen LogP contribution >= 0.6 is 0 Å². The summed E-state index contributed by atoms with van der Waals surface area (Å²) in [6, 6.07) is 8.26. The predicted octanol–water partition coefficient (Wildman–Crippen LogP) is 4.46. The van der Waals surface area contributed by atoms with E-state index in [0.29, 0.717) is 6.42 Å². The average Bonchev–Trinajstić information content (AvgIpc) is 2.35. The van der Waals surface area contributed by atoms with E-state index in [9.17, 15) is 13.2 Å². The van der Waals surface area contributed by atoms with Gasteiger partial charge in [0, 0.05) is 19.0 Å². The van der Waals surface area contributed by atoms with Crippen molar-refractivity contribution in [3.8, 4) is 0 Å². The van der Waals surface area contributed by atoms with E-state index in [1.165, 1.54) is 11.1 Å². The van der Waals surface area contributed by atoms with Crippen molar-refractivity contribution in [2.75, 3.05) is 0 Å². The predicted molar refractivity (Wildman–Crippen MR) is 72.0 cm³/mol. The molecule has 4 heteroatoms. The summed E-state index contributed by atoms with van der Waals surface area (Å²) in [5.41, 5.74) is 2.52.